The van der Waals surface area contributed by atoms with Crippen molar-refractivity contribution in [2.75, 3.05) is 13.1 Å². The molecule has 0 bridgehead atoms. The second-order valence-electron chi connectivity index (χ2n) is 10.3. The topological polar surface area (TPSA) is 186 Å². The van der Waals surface area contributed by atoms with Gasteiger partial charge in [-0.05, 0) is 68.4 Å². The fraction of sp³-hybridized carbons (Fsp3) is 0.467. The predicted molar refractivity (Wildman–Crippen MR) is 166 cm³/mol. The zero-order valence-electron chi connectivity index (χ0n) is 24.4. The van der Waals surface area contributed by atoms with E-state index < -0.39 is 28.0 Å². The number of carbonyl (C=O) groups excluding carboxylic acids is 2. The zero-order valence-corrected chi connectivity index (χ0v) is 25.2. The number of Topliss-reactive ketones (excluding diaryl/α,β-unsaturated/α-hetero) is 1. The van der Waals surface area contributed by atoms with Crippen LogP contribution in [0.15, 0.2) is 69.5 Å². The van der Waals surface area contributed by atoms with Crippen molar-refractivity contribution in [1.29, 1.82) is 0 Å². The van der Waals surface area contributed by atoms with Gasteiger partial charge in [-0.3, -0.25) is 19.6 Å². The van der Waals surface area contributed by atoms with E-state index in [1.54, 1.807) is 25.1 Å². The van der Waals surface area contributed by atoms with Gasteiger partial charge in [-0.25, -0.2) is 8.42 Å². The highest BCUT2D eigenvalue weighted by molar-refractivity contribution is 7.89. The average Bonchev–Trinajstić information content (AvgIpc) is 3.44. The third-order valence-corrected chi connectivity index (χ3v) is 9.38. The Morgan fingerprint density at radius 1 is 1.05 bits per heavy atom. The Labute approximate surface area is 248 Å². The van der Waals surface area contributed by atoms with Crippen LogP contribution in [0, 0.1) is 0 Å². The van der Waals surface area contributed by atoms with Crippen LogP contribution in [0.25, 0.3) is 0 Å². The normalized spacial score (nSPS) is 18.4. The molecule has 0 aromatic heterocycles. The molecule has 0 saturated carbocycles. The number of ketones is 1. The highest BCUT2D eigenvalue weighted by Crippen LogP contribution is 2.33. The van der Waals surface area contributed by atoms with Gasteiger partial charge in [0.25, 0.3) is 0 Å². The SMILES string of the molecule is CCC(=O)C(Cc1ccc(N=C(CN)CCCN=C(N)N)cc1)NC(=O)C1CCC(CC)N1S(=O)(=O)c1ccccc1. The molecule has 1 fully saturated rings. The zero-order chi connectivity index (χ0) is 30.7. The summed E-state index contributed by atoms with van der Waals surface area (Å²) >= 11 is 0. The van der Waals surface area contributed by atoms with Crippen LogP contribution in [0.4, 0.5) is 5.69 Å². The summed E-state index contributed by atoms with van der Waals surface area (Å²) in [6.07, 6.45) is 3.45. The molecule has 7 N–H and O–H groups in total. The molecule has 228 valence electrons. The first-order chi connectivity index (χ1) is 20.1. The van der Waals surface area contributed by atoms with Crippen molar-refractivity contribution in [1.82, 2.24) is 9.62 Å². The van der Waals surface area contributed by atoms with Gasteiger partial charge in [0.1, 0.15) is 6.04 Å². The number of benzene rings is 2. The molecule has 1 amide bonds. The van der Waals surface area contributed by atoms with Crippen molar-refractivity contribution >= 4 is 39.1 Å². The number of carbonyl (C=O) groups is 2. The van der Waals surface area contributed by atoms with E-state index in [0.29, 0.717) is 38.8 Å². The Morgan fingerprint density at radius 2 is 1.74 bits per heavy atom. The van der Waals surface area contributed by atoms with Crippen LogP contribution in [0.2, 0.25) is 0 Å². The maximum Gasteiger partial charge on any atom is 0.244 e. The summed E-state index contributed by atoms with van der Waals surface area (Å²) < 4.78 is 28.5. The Hall–Kier alpha value is -3.61. The molecule has 42 heavy (non-hydrogen) atoms. The highest BCUT2D eigenvalue weighted by atomic mass is 32.2. The molecule has 3 unspecified atom stereocenters. The Kier molecular flexibility index (Phi) is 12.2. The molecular weight excluding hydrogens is 554 g/mol. The number of nitrogens with zero attached hydrogens (tertiary/aromatic N) is 3. The molecular formula is C30H43N7O4S. The van der Waals surface area contributed by atoms with Crippen LogP contribution in [-0.4, -0.2) is 67.3 Å². The summed E-state index contributed by atoms with van der Waals surface area (Å²) in [7, 11) is -3.89. The molecule has 2 aromatic carbocycles. The number of hydrogen-bond acceptors (Lipinski definition) is 7. The summed E-state index contributed by atoms with van der Waals surface area (Å²) in [5.74, 6) is -0.526. The van der Waals surface area contributed by atoms with Crippen molar-refractivity contribution in [2.24, 2.45) is 27.2 Å². The van der Waals surface area contributed by atoms with E-state index in [4.69, 9.17) is 17.2 Å². The minimum absolute atomic E-state index is 0.0517. The third-order valence-electron chi connectivity index (χ3n) is 7.40. The lowest BCUT2D eigenvalue weighted by Gasteiger charge is -2.29. The van der Waals surface area contributed by atoms with Crippen LogP contribution in [0.5, 0.6) is 0 Å². The molecule has 12 heteroatoms. The maximum atomic E-state index is 13.6. The summed E-state index contributed by atoms with van der Waals surface area (Å²) in [5, 5.41) is 2.88. The van der Waals surface area contributed by atoms with E-state index in [-0.39, 0.29) is 35.5 Å². The summed E-state index contributed by atoms with van der Waals surface area (Å²) in [4.78, 5) is 35.2. The second-order valence-corrected chi connectivity index (χ2v) is 12.2. The fourth-order valence-electron chi connectivity index (χ4n) is 5.15. The Balaban J connectivity index is 1.73. The van der Waals surface area contributed by atoms with Gasteiger partial charge in [-0.1, -0.05) is 44.2 Å². The highest BCUT2D eigenvalue weighted by Gasteiger charge is 2.45. The monoisotopic (exact) mass is 597 g/mol. The molecule has 3 atom stereocenters. The summed E-state index contributed by atoms with van der Waals surface area (Å²) in [6.45, 7) is 4.46. The molecule has 0 spiro atoms. The third kappa shape index (κ3) is 8.70. The first-order valence-corrected chi connectivity index (χ1v) is 15.9. The number of rotatable bonds is 15. The number of guanidine groups is 1. The molecule has 0 radical (unpaired) electrons. The van der Waals surface area contributed by atoms with Gasteiger partial charge in [0.05, 0.1) is 16.6 Å². The number of sulfonamides is 1. The number of nitrogens with one attached hydrogen (secondary N) is 1. The van der Waals surface area contributed by atoms with Crippen LogP contribution in [0.3, 0.4) is 0 Å². The van der Waals surface area contributed by atoms with Crippen LogP contribution in [-0.2, 0) is 26.0 Å². The van der Waals surface area contributed by atoms with E-state index in [1.807, 2.05) is 31.2 Å². The van der Waals surface area contributed by atoms with Crippen molar-refractivity contribution in [2.45, 2.75) is 81.8 Å². The first-order valence-electron chi connectivity index (χ1n) is 14.4. The van der Waals surface area contributed by atoms with Gasteiger partial charge < -0.3 is 22.5 Å². The lowest BCUT2D eigenvalue weighted by Crippen LogP contribution is -2.52. The van der Waals surface area contributed by atoms with Gasteiger partial charge in [0, 0.05) is 31.3 Å². The number of aliphatic imine (C=N–C) groups is 2. The molecule has 1 aliphatic rings. The molecule has 3 rings (SSSR count). The summed E-state index contributed by atoms with van der Waals surface area (Å²) in [5.41, 5.74) is 19.0. The van der Waals surface area contributed by atoms with E-state index in [1.165, 1.54) is 16.4 Å². The number of hydrogen-bond donors (Lipinski definition) is 4. The smallest absolute Gasteiger partial charge is 0.244 e. The lowest BCUT2D eigenvalue weighted by molar-refractivity contribution is -0.129. The Bertz CT molecular complexity index is 1360. The lowest BCUT2D eigenvalue weighted by atomic mass is 10.00. The standard InChI is InChI=1S/C30H43N7O4S/c1-3-24-16-17-27(37(24)42(40,41)25-10-6-5-7-11-25)29(39)36-26(28(38)4-2)19-21-12-14-22(15-13-21)35-23(20-31)9-8-18-34-30(32)33/h5-7,10-15,24,26-27H,3-4,8-9,16-20,31H2,1-2H3,(H,36,39)(H4,32,33,34). The fourth-order valence-corrected chi connectivity index (χ4v) is 7.07. The van der Waals surface area contributed by atoms with Crippen molar-refractivity contribution in [3.8, 4) is 0 Å². The second kappa shape index (κ2) is 15.6. The van der Waals surface area contributed by atoms with Gasteiger partial charge in [0.15, 0.2) is 11.7 Å². The molecule has 1 heterocycles. The molecule has 0 aliphatic carbocycles. The minimum atomic E-state index is -3.89. The van der Waals surface area contributed by atoms with Gasteiger partial charge in [0.2, 0.25) is 15.9 Å². The van der Waals surface area contributed by atoms with E-state index in [0.717, 1.165) is 23.4 Å². The van der Waals surface area contributed by atoms with Gasteiger partial charge in [-0.2, -0.15) is 4.31 Å². The average molecular weight is 598 g/mol. The van der Waals surface area contributed by atoms with Crippen LogP contribution >= 0.6 is 0 Å². The van der Waals surface area contributed by atoms with Crippen molar-refractivity contribution in [3.63, 3.8) is 0 Å². The number of nitrogens with two attached hydrogens (primary N) is 3. The number of amides is 1. The predicted octanol–water partition coefficient (Wildman–Crippen LogP) is 2.41. The van der Waals surface area contributed by atoms with E-state index >= 15 is 0 Å². The van der Waals surface area contributed by atoms with Crippen LogP contribution < -0.4 is 22.5 Å². The van der Waals surface area contributed by atoms with Gasteiger partial charge in [-0.15, -0.1) is 0 Å². The molecule has 1 aliphatic heterocycles. The quantitative estimate of drug-likeness (QED) is 0.138. The van der Waals surface area contributed by atoms with Crippen LogP contribution in [0.1, 0.15) is 57.9 Å². The van der Waals surface area contributed by atoms with E-state index in [9.17, 15) is 18.0 Å². The maximum absolute atomic E-state index is 13.6. The minimum Gasteiger partial charge on any atom is -0.370 e. The molecule has 2 aromatic rings. The van der Waals surface area contributed by atoms with E-state index in [2.05, 4.69) is 15.3 Å². The van der Waals surface area contributed by atoms with Crippen molar-refractivity contribution < 1.29 is 18.0 Å². The first kappa shape index (κ1) is 32.9. The summed E-state index contributed by atoms with van der Waals surface area (Å²) in [6, 6.07) is 13.6. The molecule has 11 nitrogen and oxygen atoms in total. The molecule has 1 saturated heterocycles. The Morgan fingerprint density at radius 3 is 2.33 bits per heavy atom. The largest absolute Gasteiger partial charge is 0.370 e. The van der Waals surface area contributed by atoms with Crippen molar-refractivity contribution in [3.05, 3.63) is 60.2 Å². The van der Waals surface area contributed by atoms with Gasteiger partial charge >= 0.3 is 0 Å².